The minimum atomic E-state index is -3.06. The van der Waals surface area contributed by atoms with Crippen molar-refractivity contribution in [1.82, 2.24) is 19.5 Å². The van der Waals surface area contributed by atoms with Crippen LogP contribution < -0.4 is 16.4 Å². The number of carbonyl (C=O) groups excluding carboxylic acids is 1. The lowest BCUT2D eigenvalue weighted by atomic mass is 9.85. The average molecular weight is 587 g/mol. The fraction of sp³-hybridized carbons (Fsp3) is 0.478. The van der Waals surface area contributed by atoms with Gasteiger partial charge in [-0.1, -0.05) is 34.8 Å². The number of fused-ring (bicyclic) bond motifs is 1. The lowest BCUT2D eigenvalue weighted by Gasteiger charge is -2.34. The largest absolute Gasteiger partial charge is 0.369 e. The van der Waals surface area contributed by atoms with Crippen molar-refractivity contribution in [3.63, 3.8) is 0 Å². The summed E-state index contributed by atoms with van der Waals surface area (Å²) in [6, 6.07) is 3.15. The molecular weight excluding hydrogens is 561 g/mol. The van der Waals surface area contributed by atoms with Crippen LogP contribution in [0.1, 0.15) is 44.6 Å². The molecule has 14 heteroatoms. The van der Waals surface area contributed by atoms with Crippen molar-refractivity contribution in [2.45, 2.75) is 55.9 Å². The van der Waals surface area contributed by atoms with Gasteiger partial charge in [0.15, 0.2) is 5.65 Å². The number of primary amides is 1. The summed E-state index contributed by atoms with van der Waals surface area (Å²) in [5.74, 6) is 0.436. The van der Waals surface area contributed by atoms with E-state index in [1.165, 1.54) is 6.26 Å². The summed E-state index contributed by atoms with van der Waals surface area (Å²) < 4.78 is 25.5. The Morgan fingerprint density at radius 2 is 1.73 bits per heavy atom. The molecule has 4 N–H and O–H groups in total. The first kappa shape index (κ1) is 26.3. The van der Waals surface area contributed by atoms with Gasteiger partial charge in [0.25, 0.3) is 0 Å². The Balaban J connectivity index is 1.48. The van der Waals surface area contributed by atoms with Crippen LogP contribution in [0.4, 0.5) is 17.6 Å². The molecule has 0 bridgehead atoms. The summed E-state index contributed by atoms with van der Waals surface area (Å²) in [5.41, 5.74) is 7.17. The second kappa shape index (κ2) is 10.1. The number of hydrogen-bond acceptors (Lipinski definition) is 8. The highest BCUT2D eigenvalue weighted by Crippen LogP contribution is 2.40. The van der Waals surface area contributed by atoms with E-state index in [9.17, 15) is 13.2 Å². The van der Waals surface area contributed by atoms with E-state index in [2.05, 4.69) is 15.6 Å². The molecule has 198 valence electrons. The molecule has 2 heterocycles. The molecule has 0 atom stereocenters. The second-order valence-electron chi connectivity index (χ2n) is 9.75. The second-order valence-corrected chi connectivity index (χ2v) is 13.3. The third kappa shape index (κ3) is 5.45. The Bertz CT molecular complexity index is 1440. The zero-order valence-electron chi connectivity index (χ0n) is 19.9. The predicted octanol–water partition coefficient (Wildman–Crippen LogP) is 4.73. The summed E-state index contributed by atoms with van der Waals surface area (Å²) in [5, 5.41) is 7.24. The monoisotopic (exact) mass is 585 g/mol. The molecule has 2 saturated carbocycles. The number of carbonyl (C=O) groups is 1. The van der Waals surface area contributed by atoms with E-state index >= 15 is 0 Å². The number of benzene rings is 1. The first-order chi connectivity index (χ1) is 17.5. The first-order valence-corrected chi connectivity index (χ1v) is 15.0. The number of aromatic nitrogens is 4. The van der Waals surface area contributed by atoms with Crippen LogP contribution in [0.2, 0.25) is 15.1 Å². The van der Waals surface area contributed by atoms with E-state index in [0.29, 0.717) is 82.3 Å². The fourth-order valence-corrected chi connectivity index (χ4v) is 7.08. The molecule has 0 radical (unpaired) electrons. The molecule has 2 aromatic heterocycles. The zero-order valence-corrected chi connectivity index (χ0v) is 23.0. The van der Waals surface area contributed by atoms with Gasteiger partial charge in [0.1, 0.15) is 15.4 Å². The van der Waals surface area contributed by atoms with Crippen LogP contribution in [0.5, 0.6) is 0 Å². The quantitative estimate of drug-likeness (QED) is 0.360. The minimum absolute atomic E-state index is 0.00554. The van der Waals surface area contributed by atoms with Crippen molar-refractivity contribution in [1.29, 1.82) is 0 Å². The van der Waals surface area contributed by atoms with Crippen LogP contribution in [0.25, 0.3) is 11.2 Å². The van der Waals surface area contributed by atoms with Gasteiger partial charge in [-0.2, -0.15) is 4.98 Å². The van der Waals surface area contributed by atoms with Crippen molar-refractivity contribution in [2.24, 2.45) is 11.7 Å². The summed E-state index contributed by atoms with van der Waals surface area (Å²) in [6.45, 7) is 0. The number of amides is 1. The molecule has 10 nitrogen and oxygen atoms in total. The number of nitrogens with two attached hydrogens (primary N) is 1. The van der Waals surface area contributed by atoms with Gasteiger partial charge in [0.2, 0.25) is 17.8 Å². The Labute approximate surface area is 229 Å². The molecule has 37 heavy (non-hydrogen) atoms. The van der Waals surface area contributed by atoms with Crippen molar-refractivity contribution < 1.29 is 13.2 Å². The van der Waals surface area contributed by atoms with E-state index in [-0.39, 0.29) is 29.2 Å². The number of nitrogens with zero attached hydrogens (tertiary/aromatic N) is 4. The van der Waals surface area contributed by atoms with Crippen LogP contribution in [0.15, 0.2) is 18.3 Å². The maximum atomic E-state index is 11.8. The first-order valence-electron chi connectivity index (χ1n) is 11.9. The van der Waals surface area contributed by atoms with Crippen LogP contribution in [-0.4, -0.2) is 51.4 Å². The Kier molecular flexibility index (Phi) is 7.16. The molecule has 0 aliphatic heterocycles. The number of rotatable bonds is 7. The summed E-state index contributed by atoms with van der Waals surface area (Å²) in [6.07, 6.45) is 6.64. The molecule has 3 aromatic rings. The summed E-state index contributed by atoms with van der Waals surface area (Å²) in [4.78, 5) is 25.6. The zero-order chi connectivity index (χ0) is 26.5. The normalized spacial score (nSPS) is 24.0. The smallest absolute Gasteiger partial charge is 0.224 e. The number of imidazole rings is 1. The van der Waals surface area contributed by atoms with Crippen molar-refractivity contribution in [3.8, 4) is 0 Å². The molecule has 0 saturated heterocycles. The number of halogens is 3. The highest BCUT2D eigenvalue weighted by molar-refractivity contribution is 7.91. The molecule has 2 aliphatic rings. The lowest BCUT2D eigenvalue weighted by molar-refractivity contribution is -0.122. The maximum Gasteiger partial charge on any atom is 0.224 e. The third-order valence-corrected chi connectivity index (χ3v) is 9.58. The Morgan fingerprint density at radius 1 is 1.08 bits per heavy atom. The number of hydrogen-bond donors (Lipinski definition) is 3. The Hall–Kier alpha value is -2.34. The molecule has 2 aliphatic carbocycles. The number of sulfone groups is 1. The van der Waals surface area contributed by atoms with Gasteiger partial charge in [0.05, 0.1) is 27.2 Å². The van der Waals surface area contributed by atoms with Gasteiger partial charge < -0.3 is 16.4 Å². The maximum absolute atomic E-state index is 11.8. The molecule has 2 fully saturated rings. The van der Waals surface area contributed by atoms with Gasteiger partial charge in [-0.15, -0.1) is 0 Å². The molecular formula is C23H26Cl3N7O3S. The molecule has 0 spiro atoms. The highest BCUT2D eigenvalue weighted by atomic mass is 35.5. The number of anilines is 3. The van der Waals surface area contributed by atoms with E-state index in [1.807, 2.05) is 4.57 Å². The third-order valence-electron chi connectivity index (χ3n) is 7.17. The van der Waals surface area contributed by atoms with Gasteiger partial charge in [-0.05, 0) is 50.7 Å². The van der Waals surface area contributed by atoms with Crippen LogP contribution in [0, 0.1) is 5.92 Å². The number of nitrogens with one attached hydrogen (secondary N) is 2. The van der Waals surface area contributed by atoms with Crippen LogP contribution in [-0.2, 0) is 14.6 Å². The molecule has 1 amide bonds. The predicted molar refractivity (Wildman–Crippen MR) is 146 cm³/mol. The van der Waals surface area contributed by atoms with Gasteiger partial charge >= 0.3 is 0 Å². The van der Waals surface area contributed by atoms with E-state index < -0.39 is 9.84 Å². The van der Waals surface area contributed by atoms with Crippen LogP contribution in [0.3, 0.4) is 0 Å². The van der Waals surface area contributed by atoms with E-state index in [1.54, 1.807) is 18.3 Å². The van der Waals surface area contributed by atoms with E-state index in [0.717, 1.165) is 0 Å². The molecule has 1 aromatic carbocycles. The summed E-state index contributed by atoms with van der Waals surface area (Å²) in [7, 11) is -3.06. The van der Waals surface area contributed by atoms with Gasteiger partial charge in [-0.3, -0.25) is 9.36 Å². The standard InChI is InChI=1S/C23H26Cl3N7O3S/c1-37(35,36)15-8-13(9-15)29-22-28-10-18-21(32-22)33(14-4-2-11(3-5-14)20(27)34)23(30-18)31-19-16(25)6-12(24)7-17(19)26/h6-7,10-11,13-15H,2-5,8-9H2,1H3,(H2,27,34)(H,30,31)(H,28,29,32)/t11-,13?,14+,15?. The van der Waals surface area contributed by atoms with Gasteiger partial charge in [0, 0.05) is 29.3 Å². The summed E-state index contributed by atoms with van der Waals surface area (Å²) >= 11 is 18.9. The molecule has 5 rings (SSSR count). The Morgan fingerprint density at radius 3 is 2.32 bits per heavy atom. The highest BCUT2D eigenvalue weighted by Gasteiger charge is 2.37. The lowest BCUT2D eigenvalue weighted by Crippen LogP contribution is -2.43. The van der Waals surface area contributed by atoms with Crippen molar-refractivity contribution in [3.05, 3.63) is 33.4 Å². The van der Waals surface area contributed by atoms with Crippen molar-refractivity contribution >= 4 is 79.3 Å². The topological polar surface area (TPSA) is 145 Å². The van der Waals surface area contributed by atoms with E-state index in [4.69, 9.17) is 50.5 Å². The van der Waals surface area contributed by atoms with Crippen LogP contribution >= 0.6 is 34.8 Å². The molecule has 0 unspecified atom stereocenters. The fourth-order valence-electron chi connectivity index (χ4n) is 5.00. The van der Waals surface area contributed by atoms with Gasteiger partial charge in [-0.25, -0.2) is 18.4 Å². The van der Waals surface area contributed by atoms with Crippen molar-refractivity contribution in [2.75, 3.05) is 16.9 Å². The average Bonchev–Trinajstić information content (AvgIpc) is 3.14. The minimum Gasteiger partial charge on any atom is -0.369 e. The SMILES string of the molecule is CS(=O)(=O)C1CC(Nc2ncc3nc(Nc4c(Cl)cc(Cl)cc4Cl)n([C@H]4CC[C@@H](C(N)=O)CC4)c3n2)C1.